The van der Waals surface area contributed by atoms with E-state index >= 15 is 0 Å². The lowest BCUT2D eigenvalue weighted by atomic mass is 9.78. The van der Waals surface area contributed by atoms with Crippen LogP contribution >= 0.6 is 11.3 Å². The molecule has 25 heavy (non-hydrogen) atoms. The predicted molar refractivity (Wildman–Crippen MR) is 96.5 cm³/mol. The summed E-state index contributed by atoms with van der Waals surface area (Å²) in [5.74, 6) is -0.231. The molecule has 1 aliphatic carbocycles. The van der Waals surface area contributed by atoms with Crippen molar-refractivity contribution in [2.45, 2.75) is 46.1 Å². The molecule has 1 heterocycles. The minimum Gasteiger partial charge on any atom is -0.454 e. The summed E-state index contributed by atoms with van der Waals surface area (Å²) < 4.78 is 4.94. The predicted octanol–water partition coefficient (Wildman–Crippen LogP) is 2.27. The number of amides is 2. The minimum absolute atomic E-state index is 0.136. The Morgan fingerprint density at radius 2 is 2.00 bits per heavy atom. The summed E-state index contributed by atoms with van der Waals surface area (Å²) in [6.45, 7) is 5.68. The van der Waals surface area contributed by atoms with Crippen LogP contribution in [-0.4, -0.2) is 37.0 Å². The molecule has 0 bridgehead atoms. The molecule has 7 heteroatoms. The second-order valence-corrected chi connectivity index (χ2v) is 7.98. The summed E-state index contributed by atoms with van der Waals surface area (Å²) in [7, 11) is 0. The number of esters is 1. The molecule has 1 aromatic heterocycles. The van der Waals surface area contributed by atoms with E-state index in [2.05, 4.69) is 24.5 Å². The van der Waals surface area contributed by atoms with Crippen LogP contribution in [0.2, 0.25) is 0 Å². The van der Waals surface area contributed by atoms with E-state index in [-0.39, 0.29) is 31.0 Å². The Morgan fingerprint density at radius 1 is 1.24 bits per heavy atom. The lowest BCUT2D eigenvalue weighted by Gasteiger charge is -2.34. The van der Waals surface area contributed by atoms with Crippen LogP contribution in [0.3, 0.4) is 0 Å². The normalized spacial score (nSPS) is 22.9. The third kappa shape index (κ3) is 5.85. The third-order valence-electron chi connectivity index (χ3n) is 4.77. The first-order valence-corrected chi connectivity index (χ1v) is 9.48. The van der Waals surface area contributed by atoms with Crippen LogP contribution < -0.4 is 10.6 Å². The second kappa shape index (κ2) is 8.99. The van der Waals surface area contributed by atoms with Gasteiger partial charge >= 0.3 is 5.97 Å². The fourth-order valence-electron chi connectivity index (χ4n) is 3.03. The number of rotatable bonds is 6. The number of ether oxygens (including phenoxy) is 1. The zero-order chi connectivity index (χ0) is 18.4. The standard InChI is InChI=1S/C18H26N2O4S/c1-11-5-4-6-14(13(11)3)20-16(21)10-24-17(22)9-19-18(23)15-8-7-12(2)25-15/h7-8,11,13-14H,4-6,9-10H2,1-3H3,(H,19,23)(H,20,21)/t11-,13-,14-/m0/s1. The first-order chi connectivity index (χ1) is 11.9. The highest BCUT2D eigenvalue weighted by atomic mass is 32.1. The molecule has 0 aliphatic heterocycles. The number of carbonyl (C=O) groups is 3. The van der Waals surface area contributed by atoms with E-state index in [0.29, 0.717) is 16.7 Å². The monoisotopic (exact) mass is 366 g/mol. The van der Waals surface area contributed by atoms with Crippen LogP contribution in [0.4, 0.5) is 0 Å². The molecule has 2 rings (SSSR count). The molecule has 0 spiro atoms. The van der Waals surface area contributed by atoms with E-state index < -0.39 is 5.97 Å². The SMILES string of the molecule is Cc1ccc(C(=O)NCC(=O)OCC(=O)N[C@H]2CCC[C@H](C)[C@@H]2C)s1. The van der Waals surface area contributed by atoms with Crippen LogP contribution in [-0.2, 0) is 14.3 Å². The number of thiophene rings is 1. The highest BCUT2D eigenvalue weighted by Crippen LogP contribution is 2.29. The summed E-state index contributed by atoms with van der Waals surface area (Å²) in [6.07, 6.45) is 3.25. The molecule has 138 valence electrons. The lowest BCUT2D eigenvalue weighted by molar-refractivity contribution is -0.147. The van der Waals surface area contributed by atoms with Crippen LogP contribution in [0.1, 0.15) is 47.7 Å². The highest BCUT2D eigenvalue weighted by molar-refractivity contribution is 7.13. The fourth-order valence-corrected chi connectivity index (χ4v) is 3.81. The van der Waals surface area contributed by atoms with Gasteiger partial charge in [-0.05, 0) is 37.3 Å². The molecule has 0 aromatic carbocycles. The van der Waals surface area contributed by atoms with Gasteiger partial charge in [-0.15, -0.1) is 11.3 Å². The molecule has 0 saturated heterocycles. The molecule has 1 saturated carbocycles. The Kier molecular flexibility index (Phi) is 6.99. The smallest absolute Gasteiger partial charge is 0.325 e. The molecule has 1 aromatic rings. The third-order valence-corrected chi connectivity index (χ3v) is 5.77. The molecular formula is C18H26N2O4S. The number of aryl methyl sites for hydroxylation is 1. The van der Waals surface area contributed by atoms with E-state index in [4.69, 9.17) is 4.74 Å². The van der Waals surface area contributed by atoms with E-state index in [1.807, 2.05) is 13.0 Å². The first-order valence-electron chi connectivity index (χ1n) is 8.66. The van der Waals surface area contributed by atoms with Gasteiger partial charge in [0.2, 0.25) is 0 Å². The Morgan fingerprint density at radius 3 is 2.68 bits per heavy atom. The van der Waals surface area contributed by atoms with E-state index in [9.17, 15) is 14.4 Å². The molecular weight excluding hydrogens is 340 g/mol. The van der Waals surface area contributed by atoms with Crippen molar-refractivity contribution >= 4 is 29.1 Å². The average molecular weight is 366 g/mol. The van der Waals surface area contributed by atoms with Crippen molar-refractivity contribution in [1.82, 2.24) is 10.6 Å². The number of nitrogens with one attached hydrogen (secondary N) is 2. The molecule has 0 unspecified atom stereocenters. The van der Waals surface area contributed by atoms with Crippen molar-refractivity contribution in [1.29, 1.82) is 0 Å². The summed E-state index contributed by atoms with van der Waals surface area (Å²) in [6, 6.07) is 3.69. The lowest BCUT2D eigenvalue weighted by Crippen LogP contribution is -2.45. The first kappa shape index (κ1) is 19.4. The van der Waals surface area contributed by atoms with Crippen molar-refractivity contribution in [3.8, 4) is 0 Å². The zero-order valence-electron chi connectivity index (χ0n) is 15.0. The summed E-state index contributed by atoms with van der Waals surface area (Å²) in [4.78, 5) is 37.1. The number of hydrogen-bond acceptors (Lipinski definition) is 5. The van der Waals surface area contributed by atoms with Gasteiger partial charge in [-0.25, -0.2) is 0 Å². The molecule has 1 aliphatic rings. The molecule has 2 N–H and O–H groups in total. The molecule has 6 nitrogen and oxygen atoms in total. The Balaban J connectivity index is 1.67. The van der Waals surface area contributed by atoms with Crippen LogP contribution in [0.15, 0.2) is 12.1 Å². The minimum atomic E-state index is -0.623. The van der Waals surface area contributed by atoms with Crippen molar-refractivity contribution in [2.75, 3.05) is 13.2 Å². The maximum Gasteiger partial charge on any atom is 0.325 e. The van der Waals surface area contributed by atoms with Gasteiger partial charge in [-0.3, -0.25) is 14.4 Å². The van der Waals surface area contributed by atoms with Gasteiger partial charge in [-0.2, -0.15) is 0 Å². The number of carbonyl (C=O) groups excluding carboxylic acids is 3. The van der Waals surface area contributed by atoms with Gasteiger partial charge in [0.25, 0.3) is 11.8 Å². The maximum atomic E-state index is 12.0. The highest BCUT2D eigenvalue weighted by Gasteiger charge is 2.28. The Labute approximate surface area is 152 Å². The van der Waals surface area contributed by atoms with Crippen LogP contribution in [0.25, 0.3) is 0 Å². The Bertz CT molecular complexity index is 628. The van der Waals surface area contributed by atoms with Crippen molar-refractivity contribution in [2.24, 2.45) is 11.8 Å². The van der Waals surface area contributed by atoms with Crippen LogP contribution in [0.5, 0.6) is 0 Å². The van der Waals surface area contributed by atoms with Gasteiger partial charge in [0.05, 0.1) is 4.88 Å². The van der Waals surface area contributed by atoms with Crippen molar-refractivity contribution < 1.29 is 19.1 Å². The van der Waals surface area contributed by atoms with E-state index in [0.717, 1.165) is 17.7 Å². The second-order valence-electron chi connectivity index (χ2n) is 6.69. The van der Waals surface area contributed by atoms with Gasteiger partial charge in [0, 0.05) is 10.9 Å². The molecule has 0 radical (unpaired) electrons. The van der Waals surface area contributed by atoms with Gasteiger partial charge < -0.3 is 15.4 Å². The molecule has 2 amide bonds. The van der Waals surface area contributed by atoms with Gasteiger partial charge in [0.1, 0.15) is 6.54 Å². The van der Waals surface area contributed by atoms with Crippen molar-refractivity contribution in [3.05, 3.63) is 21.9 Å². The summed E-state index contributed by atoms with van der Waals surface area (Å²) in [5.41, 5.74) is 0. The molecule has 1 fully saturated rings. The maximum absolute atomic E-state index is 12.0. The van der Waals surface area contributed by atoms with E-state index in [1.54, 1.807) is 6.07 Å². The Hall–Kier alpha value is -1.89. The largest absolute Gasteiger partial charge is 0.454 e. The summed E-state index contributed by atoms with van der Waals surface area (Å²) in [5, 5.41) is 5.44. The summed E-state index contributed by atoms with van der Waals surface area (Å²) >= 11 is 1.36. The van der Waals surface area contributed by atoms with Crippen LogP contribution in [0, 0.1) is 18.8 Å². The van der Waals surface area contributed by atoms with Gasteiger partial charge in [0.15, 0.2) is 6.61 Å². The number of hydrogen-bond donors (Lipinski definition) is 2. The molecule has 3 atom stereocenters. The fraction of sp³-hybridized carbons (Fsp3) is 0.611. The van der Waals surface area contributed by atoms with Gasteiger partial charge in [-0.1, -0.05) is 26.7 Å². The average Bonchev–Trinajstić information content (AvgIpc) is 3.01. The quantitative estimate of drug-likeness (QED) is 0.757. The van der Waals surface area contributed by atoms with Crippen molar-refractivity contribution in [3.63, 3.8) is 0 Å². The topological polar surface area (TPSA) is 84.5 Å². The zero-order valence-corrected chi connectivity index (χ0v) is 15.8. The van der Waals surface area contributed by atoms with E-state index in [1.165, 1.54) is 17.8 Å².